The van der Waals surface area contributed by atoms with Gasteiger partial charge in [0.15, 0.2) is 5.96 Å². The lowest BCUT2D eigenvalue weighted by Gasteiger charge is -2.08. The van der Waals surface area contributed by atoms with Gasteiger partial charge in [-0.15, -0.1) is 0 Å². The standard InChI is InChI=1S/C12H28N6/c1-5-13-11(14-6-2)17-9-10-18-12(15-7-3)16-8-4/h5-10H2,1-4H3,(H2,13,14,17)(H2,15,16,18)/p+1. The third-order valence-electron chi connectivity index (χ3n) is 2.08. The van der Waals surface area contributed by atoms with Crippen molar-refractivity contribution < 1.29 is 4.99 Å². The summed E-state index contributed by atoms with van der Waals surface area (Å²) in [6.45, 7) is 13.4. The Balaban J connectivity index is 4.10. The first-order valence-corrected chi connectivity index (χ1v) is 6.89. The summed E-state index contributed by atoms with van der Waals surface area (Å²) in [5.41, 5.74) is 0. The molecule has 0 aromatic carbocycles. The molecule has 0 aliphatic heterocycles. The van der Waals surface area contributed by atoms with Crippen LogP contribution in [0.1, 0.15) is 27.7 Å². The summed E-state index contributed by atoms with van der Waals surface area (Å²) in [4.78, 5) is 7.75. The normalized spacial score (nSPS) is 9.33. The summed E-state index contributed by atoms with van der Waals surface area (Å²) in [7, 11) is 0. The van der Waals surface area contributed by atoms with E-state index in [4.69, 9.17) is 0 Å². The van der Waals surface area contributed by atoms with Crippen LogP contribution in [0.2, 0.25) is 0 Å². The van der Waals surface area contributed by atoms with E-state index in [0.29, 0.717) is 0 Å². The van der Waals surface area contributed by atoms with Crippen molar-refractivity contribution in [1.82, 2.24) is 21.3 Å². The van der Waals surface area contributed by atoms with Gasteiger partial charge in [-0.2, -0.15) is 0 Å². The van der Waals surface area contributed by atoms with Crippen LogP contribution in [0.3, 0.4) is 0 Å². The van der Waals surface area contributed by atoms with Crippen LogP contribution >= 0.6 is 0 Å². The molecule has 0 atom stereocenters. The van der Waals surface area contributed by atoms with Crippen LogP contribution in [-0.2, 0) is 0 Å². The Hall–Kier alpha value is -1.46. The third kappa shape index (κ3) is 8.66. The Kier molecular flexibility index (Phi) is 11.0. The molecule has 0 fully saturated rings. The highest BCUT2D eigenvalue weighted by Gasteiger charge is 2.00. The van der Waals surface area contributed by atoms with E-state index in [1.165, 1.54) is 0 Å². The van der Waals surface area contributed by atoms with Gasteiger partial charge in [0.1, 0.15) is 0 Å². The van der Waals surface area contributed by atoms with E-state index in [2.05, 4.69) is 58.9 Å². The summed E-state index contributed by atoms with van der Waals surface area (Å²) in [6, 6.07) is 0. The minimum Gasteiger partial charge on any atom is -0.357 e. The molecule has 5 N–H and O–H groups in total. The zero-order chi connectivity index (χ0) is 13.6. The second kappa shape index (κ2) is 12.0. The molecule has 0 radical (unpaired) electrons. The van der Waals surface area contributed by atoms with Crippen molar-refractivity contribution in [3.8, 4) is 0 Å². The molecule has 0 saturated carbocycles. The molecule has 18 heavy (non-hydrogen) atoms. The molecular weight excluding hydrogens is 228 g/mol. The molecule has 0 bridgehead atoms. The first-order chi connectivity index (χ1) is 8.78. The van der Waals surface area contributed by atoms with Gasteiger partial charge < -0.3 is 10.6 Å². The molecule has 0 aliphatic carbocycles. The van der Waals surface area contributed by atoms with Crippen LogP contribution < -0.4 is 26.3 Å². The number of rotatable bonds is 7. The molecule has 0 rings (SSSR count). The van der Waals surface area contributed by atoms with E-state index >= 15 is 0 Å². The molecule has 0 saturated heterocycles. The monoisotopic (exact) mass is 257 g/mol. The molecule has 6 heteroatoms. The van der Waals surface area contributed by atoms with Crippen LogP contribution in [0, 0.1) is 0 Å². The smallest absolute Gasteiger partial charge is 0.343 e. The van der Waals surface area contributed by atoms with E-state index in [9.17, 15) is 0 Å². The highest BCUT2D eigenvalue weighted by atomic mass is 15.2. The van der Waals surface area contributed by atoms with Gasteiger partial charge in [0.2, 0.25) is 0 Å². The van der Waals surface area contributed by atoms with Gasteiger partial charge in [-0.05, 0) is 27.7 Å². The van der Waals surface area contributed by atoms with Gasteiger partial charge in [-0.1, -0.05) is 0 Å². The maximum Gasteiger partial charge on any atom is 0.343 e. The maximum atomic E-state index is 4.46. The van der Waals surface area contributed by atoms with Crippen molar-refractivity contribution in [2.45, 2.75) is 27.7 Å². The Morgan fingerprint density at radius 2 is 1.33 bits per heavy atom. The largest absolute Gasteiger partial charge is 0.357 e. The van der Waals surface area contributed by atoms with Gasteiger partial charge >= 0.3 is 5.96 Å². The summed E-state index contributed by atoms with van der Waals surface area (Å²) < 4.78 is 0. The van der Waals surface area contributed by atoms with Crippen LogP contribution in [-0.4, -0.2) is 51.2 Å². The van der Waals surface area contributed by atoms with E-state index in [1.54, 1.807) is 0 Å². The van der Waals surface area contributed by atoms with Gasteiger partial charge in [0.25, 0.3) is 0 Å². The lowest BCUT2D eigenvalue weighted by Crippen LogP contribution is -2.80. The van der Waals surface area contributed by atoms with Crippen LogP contribution in [0.5, 0.6) is 0 Å². The predicted molar refractivity (Wildman–Crippen MR) is 77.8 cm³/mol. The first-order valence-electron chi connectivity index (χ1n) is 6.89. The topological polar surface area (TPSA) is 74.5 Å². The van der Waals surface area contributed by atoms with Crippen LogP contribution in [0.25, 0.3) is 0 Å². The molecule has 6 nitrogen and oxygen atoms in total. The summed E-state index contributed by atoms with van der Waals surface area (Å²) in [6.07, 6.45) is 0. The van der Waals surface area contributed by atoms with Crippen molar-refractivity contribution in [2.75, 3.05) is 39.3 Å². The number of aliphatic imine (C=N–C) groups is 1. The molecule has 0 spiro atoms. The molecular formula is C12H29N6+. The predicted octanol–water partition coefficient (Wildman–Crippen LogP) is -1.78. The third-order valence-corrected chi connectivity index (χ3v) is 2.08. The Morgan fingerprint density at radius 3 is 1.78 bits per heavy atom. The van der Waals surface area contributed by atoms with Gasteiger partial charge in [-0.25, -0.2) is 0 Å². The van der Waals surface area contributed by atoms with Crippen molar-refractivity contribution in [3.05, 3.63) is 0 Å². The van der Waals surface area contributed by atoms with E-state index in [-0.39, 0.29) is 0 Å². The molecule has 0 unspecified atom stereocenters. The highest BCUT2D eigenvalue weighted by Crippen LogP contribution is 1.70. The molecule has 0 aromatic heterocycles. The fourth-order valence-electron chi connectivity index (χ4n) is 1.40. The number of nitrogens with zero attached hydrogens (tertiary/aromatic N) is 1. The van der Waals surface area contributed by atoms with Gasteiger partial charge in [0, 0.05) is 13.1 Å². The second-order valence-corrected chi connectivity index (χ2v) is 3.65. The fourth-order valence-corrected chi connectivity index (χ4v) is 1.40. The number of hydrogen-bond donors (Lipinski definition) is 5. The lowest BCUT2D eigenvalue weighted by molar-refractivity contribution is -0.458. The zero-order valence-corrected chi connectivity index (χ0v) is 12.2. The molecule has 0 heterocycles. The lowest BCUT2D eigenvalue weighted by atomic mass is 10.6. The SMILES string of the molecule is CCNC(=NCC[NH+]=C(NCC)NCC)NCC. The fraction of sp³-hybridized carbons (Fsp3) is 0.833. The van der Waals surface area contributed by atoms with Crippen LogP contribution in [0.15, 0.2) is 4.99 Å². The Labute approximate surface area is 111 Å². The van der Waals surface area contributed by atoms with E-state index in [0.717, 1.165) is 51.2 Å². The molecule has 0 aromatic rings. The number of guanidine groups is 2. The minimum atomic E-state index is 0.732. The van der Waals surface area contributed by atoms with Crippen molar-refractivity contribution in [3.63, 3.8) is 0 Å². The number of nitrogens with one attached hydrogen (secondary N) is 5. The maximum absolute atomic E-state index is 4.46. The average molecular weight is 257 g/mol. The average Bonchev–Trinajstić information content (AvgIpc) is 2.35. The molecule has 0 aliphatic rings. The van der Waals surface area contributed by atoms with Gasteiger partial charge in [0.05, 0.1) is 26.2 Å². The van der Waals surface area contributed by atoms with Crippen molar-refractivity contribution in [1.29, 1.82) is 0 Å². The van der Waals surface area contributed by atoms with Crippen molar-refractivity contribution >= 4 is 11.9 Å². The second-order valence-electron chi connectivity index (χ2n) is 3.65. The first kappa shape index (κ1) is 16.5. The minimum absolute atomic E-state index is 0.732. The Bertz CT molecular complexity index is 207. The summed E-state index contributed by atoms with van der Waals surface area (Å²) in [5, 5.41) is 12.9. The number of hydrogen-bond acceptors (Lipinski definition) is 1. The summed E-state index contributed by atoms with van der Waals surface area (Å²) >= 11 is 0. The Morgan fingerprint density at radius 1 is 0.833 bits per heavy atom. The summed E-state index contributed by atoms with van der Waals surface area (Å²) in [5.74, 6) is 1.85. The quantitative estimate of drug-likeness (QED) is 0.212. The van der Waals surface area contributed by atoms with Gasteiger partial charge in [-0.3, -0.25) is 20.6 Å². The zero-order valence-electron chi connectivity index (χ0n) is 12.2. The highest BCUT2D eigenvalue weighted by molar-refractivity contribution is 5.79. The molecule has 0 amide bonds. The van der Waals surface area contributed by atoms with E-state index in [1.807, 2.05) is 0 Å². The van der Waals surface area contributed by atoms with Crippen molar-refractivity contribution in [2.24, 2.45) is 4.99 Å². The molecule has 106 valence electrons. The van der Waals surface area contributed by atoms with Crippen LogP contribution in [0.4, 0.5) is 0 Å². The van der Waals surface area contributed by atoms with E-state index < -0.39 is 0 Å².